The molecule has 3 nitrogen and oxygen atoms in total. The molecule has 110 valence electrons. The fourth-order valence-electron chi connectivity index (χ4n) is 2.21. The summed E-state index contributed by atoms with van der Waals surface area (Å²) < 4.78 is 52.4. The zero-order valence-electron chi connectivity index (χ0n) is 11.0. The van der Waals surface area contributed by atoms with Crippen LogP contribution in [0.25, 0.3) is 11.3 Å². The first kappa shape index (κ1) is 13.9. The molecule has 0 bridgehead atoms. The smallest absolute Gasteiger partial charge is 0.149 e. The summed E-state index contributed by atoms with van der Waals surface area (Å²) in [6.07, 6.45) is 1.72. The van der Waals surface area contributed by atoms with Crippen molar-refractivity contribution >= 4 is 0 Å². The van der Waals surface area contributed by atoms with E-state index in [9.17, 15) is 13.2 Å². The first-order valence-electron chi connectivity index (χ1n) is 6.49. The molecular weight excluding hydrogens is 283 g/mol. The molecule has 0 N–H and O–H groups in total. The summed E-state index contributed by atoms with van der Waals surface area (Å²) in [6, 6.07) is 4.52. The van der Waals surface area contributed by atoms with Gasteiger partial charge >= 0.3 is 0 Å². The van der Waals surface area contributed by atoms with Crippen LogP contribution in [0, 0.1) is 17.5 Å². The van der Waals surface area contributed by atoms with Crippen LogP contribution in [0.1, 0.15) is 6.42 Å². The van der Waals surface area contributed by atoms with Gasteiger partial charge in [-0.1, -0.05) is 0 Å². The SMILES string of the molecule is Fc1cccnc1-c1c(F)cc(O[C@@H]2CCOC2)cc1F. The highest BCUT2D eigenvalue weighted by molar-refractivity contribution is 5.62. The van der Waals surface area contributed by atoms with Gasteiger partial charge in [-0.05, 0) is 12.1 Å². The van der Waals surface area contributed by atoms with E-state index in [2.05, 4.69) is 4.98 Å². The minimum atomic E-state index is -0.915. The summed E-state index contributed by atoms with van der Waals surface area (Å²) in [5, 5.41) is 0. The van der Waals surface area contributed by atoms with Gasteiger partial charge in [-0.15, -0.1) is 0 Å². The Morgan fingerprint density at radius 3 is 2.52 bits per heavy atom. The van der Waals surface area contributed by atoms with Crippen molar-refractivity contribution in [3.8, 4) is 17.0 Å². The van der Waals surface area contributed by atoms with E-state index in [1.165, 1.54) is 12.3 Å². The van der Waals surface area contributed by atoms with Gasteiger partial charge in [0, 0.05) is 24.8 Å². The lowest BCUT2D eigenvalue weighted by Gasteiger charge is -2.13. The van der Waals surface area contributed by atoms with Crippen LogP contribution in [0.4, 0.5) is 13.2 Å². The quantitative estimate of drug-likeness (QED) is 0.870. The van der Waals surface area contributed by atoms with Crippen molar-refractivity contribution in [3.05, 3.63) is 47.9 Å². The summed E-state index contributed by atoms with van der Waals surface area (Å²) in [4.78, 5) is 3.69. The fraction of sp³-hybridized carbons (Fsp3) is 0.267. The van der Waals surface area contributed by atoms with Gasteiger partial charge in [-0.25, -0.2) is 13.2 Å². The second-order valence-corrected chi connectivity index (χ2v) is 4.70. The van der Waals surface area contributed by atoms with E-state index in [0.717, 1.165) is 18.2 Å². The molecular formula is C15H12F3NO2. The van der Waals surface area contributed by atoms with Crippen molar-refractivity contribution in [2.24, 2.45) is 0 Å². The molecule has 6 heteroatoms. The van der Waals surface area contributed by atoms with Crippen molar-refractivity contribution in [3.63, 3.8) is 0 Å². The van der Waals surface area contributed by atoms with Crippen molar-refractivity contribution in [2.45, 2.75) is 12.5 Å². The first-order valence-corrected chi connectivity index (χ1v) is 6.49. The topological polar surface area (TPSA) is 31.4 Å². The Morgan fingerprint density at radius 1 is 1.14 bits per heavy atom. The number of pyridine rings is 1. The first-order chi connectivity index (χ1) is 10.1. The van der Waals surface area contributed by atoms with Crippen molar-refractivity contribution < 1.29 is 22.6 Å². The highest BCUT2D eigenvalue weighted by atomic mass is 19.1. The number of aromatic nitrogens is 1. The molecule has 1 aliphatic heterocycles. The molecule has 21 heavy (non-hydrogen) atoms. The Kier molecular flexibility index (Phi) is 3.79. The van der Waals surface area contributed by atoms with Crippen LogP contribution in [0.2, 0.25) is 0 Å². The third-order valence-corrected chi connectivity index (χ3v) is 3.20. The second kappa shape index (κ2) is 5.73. The molecule has 1 aliphatic rings. The summed E-state index contributed by atoms with van der Waals surface area (Å²) in [7, 11) is 0. The Morgan fingerprint density at radius 2 is 1.90 bits per heavy atom. The highest BCUT2D eigenvalue weighted by Crippen LogP contribution is 2.30. The maximum Gasteiger partial charge on any atom is 0.149 e. The average molecular weight is 295 g/mol. The second-order valence-electron chi connectivity index (χ2n) is 4.70. The number of hydrogen-bond donors (Lipinski definition) is 0. The van der Waals surface area contributed by atoms with Gasteiger partial charge in [0.1, 0.15) is 35.0 Å². The molecule has 0 amide bonds. The minimum absolute atomic E-state index is 0.0561. The van der Waals surface area contributed by atoms with Crippen LogP contribution in [-0.4, -0.2) is 24.3 Å². The van der Waals surface area contributed by atoms with E-state index >= 15 is 0 Å². The standard InChI is InChI=1S/C15H12F3NO2/c16-11-2-1-4-19-15(11)14-12(17)6-10(7-13(14)18)21-9-3-5-20-8-9/h1-2,4,6-7,9H,3,5,8H2/t9-/m1/s1. The van der Waals surface area contributed by atoms with Gasteiger partial charge in [-0.3, -0.25) is 4.98 Å². The van der Waals surface area contributed by atoms with Gasteiger partial charge in [0.2, 0.25) is 0 Å². The summed E-state index contributed by atoms with van der Waals surface area (Å²) in [5.74, 6) is -2.56. The van der Waals surface area contributed by atoms with E-state index in [0.29, 0.717) is 19.6 Å². The molecule has 2 aromatic rings. The molecule has 0 aliphatic carbocycles. The van der Waals surface area contributed by atoms with Gasteiger partial charge in [0.15, 0.2) is 0 Å². The maximum atomic E-state index is 14.1. The molecule has 0 unspecified atom stereocenters. The molecule has 0 radical (unpaired) electrons. The van der Waals surface area contributed by atoms with Crippen LogP contribution in [0.15, 0.2) is 30.5 Å². The fourth-order valence-corrected chi connectivity index (χ4v) is 2.21. The van der Waals surface area contributed by atoms with Crippen molar-refractivity contribution in [1.29, 1.82) is 0 Å². The lowest BCUT2D eigenvalue weighted by atomic mass is 10.1. The maximum absolute atomic E-state index is 14.1. The number of ether oxygens (including phenoxy) is 2. The summed E-state index contributed by atoms with van der Waals surface area (Å²) in [5.41, 5.74) is -0.855. The summed E-state index contributed by atoms with van der Waals surface area (Å²) in [6.45, 7) is 0.951. The number of nitrogens with zero attached hydrogens (tertiary/aromatic N) is 1. The van der Waals surface area contributed by atoms with Gasteiger partial charge in [0.05, 0.1) is 18.8 Å². The Labute approximate surface area is 119 Å². The monoisotopic (exact) mass is 295 g/mol. The van der Waals surface area contributed by atoms with Crippen LogP contribution in [0.3, 0.4) is 0 Å². The Bertz CT molecular complexity index is 634. The molecule has 1 aromatic heterocycles. The lowest BCUT2D eigenvalue weighted by molar-refractivity contribution is 0.141. The number of rotatable bonds is 3. The van der Waals surface area contributed by atoms with Gasteiger partial charge < -0.3 is 9.47 Å². The van der Waals surface area contributed by atoms with Gasteiger partial charge in [0.25, 0.3) is 0 Å². The molecule has 1 saturated heterocycles. The van der Waals surface area contributed by atoms with E-state index < -0.39 is 23.0 Å². The van der Waals surface area contributed by atoms with Crippen LogP contribution in [0.5, 0.6) is 5.75 Å². The Hall–Kier alpha value is -2.08. The Balaban J connectivity index is 1.94. The van der Waals surface area contributed by atoms with Crippen LogP contribution < -0.4 is 4.74 Å². The summed E-state index contributed by atoms with van der Waals surface area (Å²) >= 11 is 0. The molecule has 2 heterocycles. The van der Waals surface area contributed by atoms with Crippen molar-refractivity contribution in [1.82, 2.24) is 4.98 Å². The zero-order valence-corrected chi connectivity index (χ0v) is 11.0. The van der Waals surface area contributed by atoms with Crippen molar-refractivity contribution in [2.75, 3.05) is 13.2 Å². The van der Waals surface area contributed by atoms with Gasteiger partial charge in [-0.2, -0.15) is 0 Å². The predicted octanol–water partition coefficient (Wildman–Crippen LogP) is 3.33. The van der Waals surface area contributed by atoms with Crippen LogP contribution in [-0.2, 0) is 4.74 Å². The van der Waals surface area contributed by atoms with E-state index in [-0.39, 0.29) is 17.5 Å². The molecule has 1 aromatic carbocycles. The molecule has 1 fully saturated rings. The molecule has 0 saturated carbocycles. The average Bonchev–Trinajstić information content (AvgIpc) is 2.93. The number of halogens is 3. The third kappa shape index (κ3) is 2.85. The van der Waals surface area contributed by atoms with Crippen LogP contribution >= 0.6 is 0 Å². The minimum Gasteiger partial charge on any atom is -0.488 e. The predicted molar refractivity (Wildman–Crippen MR) is 69.4 cm³/mol. The molecule has 1 atom stereocenters. The highest BCUT2D eigenvalue weighted by Gasteiger charge is 2.21. The largest absolute Gasteiger partial charge is 0.488 e. The third-order valence-electron chi connectivity index (χ3n) is 3.20. The van der Waals surface area contributed by atoms with E-state index in [1.54, 1.807) is 0 Å². The molecule has 0 spiro atoms. The number of benzene rings is 1. The number of hydrogen-bond acceptors (Lipinski definition) is 3. The lowest BCUT2D eigenvalue weighted by Crippen LogP contribution is -2.16. The van der Waals surface area contributed by atoms with E-state index in [1.807, 2.05) is 0 Å². The van der Waals surface area contributed by atoms with E-state index in [4.69, 9.17) is 9.47 Å². The normalized spacial score (nSPS) is 18.0. The molecule has 3 rings (SSSR count). The zero-order chi connectivity index (χ0) is 14.8.